The summed E-state index contributed by atoms with van der Waals surface area (Å²) in [4.78, 5) is 27.2. The molecule has 0 radical (unpaired) electrons. The van der Waals surface area contributed by atoms with Crippen LogP contribution in [0, 0.1) is 11.6 Å². The summed E-state index contributed by atoms with van der Waals surface area (Å²) in [5.74, 6) is -2.89. The average molecular weight is 431 g/mol. The predicted octanol–water partition coefficient (Wildman–Crippen LogP) is 6.07. The minimum atomic E-state index is -1.11. The van der Waals surface area contributed by atoms with Gasteiger partial charge in [-0.1, -0.05) is 74.5 Å². The van der Waals surface area contributed by atoms with Crippen LogP contribution in [0.3, 0.4) is 0 Å². The van der Waals surface area contributed by atoms with E-state index in [4.69, 9.17) is 0 Å². The first-order valence-electron chi connectivity index (χ1n) is 10.6. The summed E-state index contributed by atoms with van der Waals surface area (Å²) in [5.41, 5.74) is 1.50. The van der Waals surface area contributed by atoms with E-state index in [2.05, 4.69) is 0 Å². The van der Waals surface area contributed by atoms with Crippen molar-refractivity contribution in [2.75, 3.05) is 0 Å². The quantitative estimate of drug-likeness (QED) is 0.348. The van der Waals surface area contributed by atoms with Crippen LogP contribution in [-0.4, -0.2) is 10.4 Å². The van der Waals surface area contributed by atoms with E-state index in [0.717, 1.165) is 17.7 Å². The Kier molecular flexibility index (Phi) is 5.99. The Morgan fingerprint density at radius 3 is 2.16 bits per heavy atom. The second-order valence-corrected chi connectivity index (χ2v) is 7.85. The zero-order valence-corrected chi connectivity index (χ0v) is 17.9. The molecule has 0 aliphatic rings. The number of rotatable bonds is 6. The molecule has 32 heavy (non-hydrogen) atoms. The number of halogens is 2. The van der Waals surface area contributed by atoms with E-state index in [1.165, 1.54) is 0 Å². The highest BCUT2D eigenvalue weighted by Crippen LogP contribution is 2.31. The Bertz CT molecular complexity index is 1350. The first kappa shape index (κ1) is 21.6. The van der Waals surface area contributed by atoms with Gasteiger partial charge >= 0.3 is 0 Å². The summed E-state index contributed by atoms with van der Waals surface area (Å²) in [7, 11) is 0. The first-order chi connectivity index (χ1) is 15.4. The molecule has 0 N–H and O–H groups in total. The lowest BCUT2D eigenvalue weighted by Crippen LogP contribution is -2.27. The monoisotopic (exact) mass is 431 g/mol. The SMILES string of the molecule is CCCn1c(C(C)c2ccccc2)c(C(=O)c2ccccc2)c(=O)c2cc(F)c(F)cc21. The fourth-order valence-corrected chi connectivity index (χ4v) is 4.22. The summed E-state index contributed by atoms with van der Waals surface area (Å²) in [5, 5.41) is 0.000595. The molecule has 0 saturated carbocycles. The van der Waals surface area contributed by atoms with E-state index >= 15 is 0 Å². The fourth-order valence-electron chi connectivity index (χ4n) is 4.22. The molecule has 0 aliphatic carbocycles. The van der Waals surface area contributed by atoms with E-state index in [0.29, 0.717) is 24.2 Å². The maximum Gasteiger partial charge on any atom is 0.200 e. The molecule has 1 unspecified atom stereocenters. The molecule has 4 aromatic rings. The van der Waals surface area contributed by atoms with Gasteiger partial charge in [-0.25, -0.2) is 8.78 Å². The molecule has 162 valence electrons. The standard InChI is InChI=1S/C27H23F2NO2/c1-3-14-30-23-16-22(29)21(28)15-20(23)27(32)24(26(31)19-12-8-5-9-13-19)25(30)17(2)18-10-6-4-7-11-18/h4-13,15-17H,3,14H2,1-2H3. The van der Waals surface area contributed by atoms with Gasteiger partial charge in [0.15, 0.2) is 17.4 Å². The van der Waals surface area contributed by atoms with Crippen molar-refractivity contribution in [3.63, 3.8) is 0 Å². The minimum Gasteiger partial charge on any atom is -0.343 e. The smallest absolute Gasteiger partial charge is 0.200 e. The van der Waals surface area contributed by atoms with Crippen LogP contribution in [0.1, 0.15) is 53.4 Å². The molecular formula is C27H23F2NO2. The fraction of sp³-hybridized carbons (Fsp3) is 0.185. The van der Waals surface area contributed by atoms with Gasteiger partial charge in [0, 0.05) is 35.2 Å². The third-order valence-corrected chi connectivity index (χ3v) is 5.77. The van der Waals surface area contributed by atoms with Gasteiger partial charge in [0.05, 0.1) is 11.1 Å². The second kappa shape index (κ2) is 8.87. The van der Waals surface area contributed by atoms with E-state index in [1.807, 2.05) is 44.2 Å². The van der Waals surface area contributed by atoms with Crippen LogP contribution in [0.4, 0.5) is 8.78 Å². The number of carbonyl (C=O) groups is 1. The largest absolute Gasteiger partial charge is 0.343 e. The third kappa shape index (κ3) is 3.75. The van der Waals surface area contributed by atoms with Crippen LogP contribution in [-0.2, 0) is 6.54 Å². The van der Waals surface area contributed by atoms with Crippen LogP contribution in [0.25, 0.3) is 10.9 Å². The van der Waals surface area contributed by atoms with E-state index < -0.39 is 22.8 Å². The maximum absolute atomic E-state index is 14.2. The molecule has 0 aliphatic heterocycles. The molecule has 4 rings (SSSR count). The van der Waals surface area contributed by atoms with Gasteiger partial charge in [-0.3, -0.25) is 9.59 Å². The summed E-state index contributed by atoms with van der Waals surface area (Å²) in [6, 6.07) is 20.0. The Labute approximate surface area is 185 Å². The molecule has 1 atom stereocenters. The molecule has 0 spiro atoms. The molecule has 0 saturated heterocycles. The number of aromatic nitrogens is 1. The van der Waals surface area contributed by atoms with Crippen LogP contribution in [0.5, 0.6) is 0 Å². The highest BCUT2D eigenvalue weighted by Gasteiger charge is 2.28. The Balaban J connectivity index is 2.14. The number of fused-ring (bicyclic) bond motifs is 1. The molecule has 5 heteroatoms. The van der Waals surface area contributed by atoms with Crippen molar-refractivity contribution in [3.8, 4) is 0 Å². The van der Waals surface area contributed by atoms with Crippen molar-refractivity contribution in [3.05, 3.63) is 117 Å². The van der Waals surface area contributed by atoms with E-state index in [9.17, 15) is 18.4 Å². The van der Waals surface area contributed by atoms with Crippen molar-refractivity contribution < 1.29 is 13.6 Å². The Hall–Kier alpha value is -3.60. The molecule has 3 nitrogen and oxygen atoms in total. The van der Waals surface area contributed by atoms with Crippen molar-refractivity contribution in [1.29, 1.82) is 0 Å². The van der Waals surface area contributed by atoms with Gasteiger partial charge in [-0.05, 0) is 18.1 Å². The predicted molar refractivity (Wildman–Crippen MR) is 122 cm³/mol. The average Bonchev–Trinajstić information content (AvgIpc) is 2.82. The summed E-state index contributed by atoms with van der Waals surface area (Å²) >= 11 is 0. The highest BCUT2D eigenvalue weighted by molar-refractivity contribution is 6.11. The highest BCUT2D eigenvalue weighted by atomic mass is 19.2. The zero-order chi connectivity index (χ0) is 22.8. The number of pyridine rings is 1. The lowest BCUT2D eigenvalue weighted by Gasteiger charge is -2.24. The first-order valence-corrected chi connectivity index (χ1v) is 10.6. The molecule has 0 bridgehead atoms. The molecule has 0 fully saturated rings. The molecule has 0 amide bonds. The van der Waals surface area contributed by atoms with Crippen molar-refractivity contribution in [2.45, 2.75) is 32.7 Å². The Morgan fingerprint density at radius 1 is 0.938 bits per heavy atom. The van der Waals surface area contributed by atoms with Gasteiger partial charge in [-0.15, -0.1) is 0 Å². The molecular weight excluding hydrogens is 408 g/mol. The third-order valence-electron chi connectivity index (χ3n) is 5.77. The van der Waals surface area contributed by atoms with Gasteiger partial charge < -0.3 is 4.57 Å². The lowest BCUT2D eigenvalue weighted by molar-refractivity contribution is 0.103. The zero-order valence-electron chi connectivity index (χ0n) is 17.9. The molecule has 3 aromatic carbocycles. The number of hydrogen-bond donors (Lipinski definition) is 0. The van der Waals surface area contributed by atoms with E-state index in [-0.39, 0.29) is 22.4 Å². The van der Waals surface area contributed by atoms with E-state index in [1.54, 1.807) is 34.9 Å². The maximum atomic E-state index is 14.2. The van der Waals surface area contributed by atoms with Crippen molar-refractivity contribution in [1.82, 2.24) is 4.57 Å². The normalized spacial score (nSPS) is 12.1. The number of hydrogen-bond acceptors (Lipinski definition) is 2. The number of nitrogens with zero attached hydrogens (tertiary/aromatic N) is 1. The van der Waals surface area contributed by atoms with Crippen molar-refractivity contribution >= 4 is 16.7 Å². The lowest BCUT2D eigenvalue weighted by atomic mass is 9.89. The number of ketones is 1. The summed E-state index contributed by atoms with van der Waals surface area (Å²) < 4.78 is 30.1. The topological polar surface area (TPSA) is 39.1 Å². The molecule has 1 heterocycles. The summed E-state index contributed by atoms with van der Waals surface area (Å²) in [6.45, 7) is 4.33. The minimum absolute atomic E-state index is 0.000453. The van der Waals surface area contributed by atoms with Crippen LogP contribution in [0.15, 0.2) is 77.6 Å². The second-order valence-electron chi connectivity index (χ2n) is 7.85. The van der Waals surface area contributed by atoms with Gasteiger partial charge in [0.2, 0.25) is 5.43 Å². The summed E-state index contributed by atoms with van der Waals surface area (Å²) in [6.07, 6.45) is 0.685. The number of carbonyl (C=O) groups excluding carboxylic acids is 1. The molecule has 1 aromatic heterocycles. The van der Waals surface area contributed by atoms with Gasteiger partial charge in [-0.2, -0.15) is 0 Å². The van der Waals surface area contributed by atoms with Crippen molar-refractivity contribution in [2.24, 2.45) is 0 Å². The van der Waals surface area contributed by atoms with Crippen LogP contribution >= 0.6 is 0 Å². The van der Waals surface area contributed by atoms with Gasteiger partial charge in [0.25, 0.3) is 0 Å². The van der Waals surface area contributed by atoms with Crippen LogP contribution in [0.2, 0.25) is 0 Å². The number of benzene rings is 3. The van der Waals surface area contributed by atoms with Gasteiger partial charge in [0.1, 0.15) is 0 Å². The number of aryl methyl sites for hydroxylation is 1. The Morgan fingerprint density at radius 2 is 1.53 bits per heavy atom. The van der Waals surface area contributed by atoms with Crippen LogP contribution < -0.4 is 5.43 Å².